The minimum absolute atomic E-state index is 0.345. The lowest BCUT2D eigenvalue weighted by Crippen LogP contribution is -1.95. The largest absolute Gasteiger partial charge is 0.375 e. The Morgan fingerprint density at radius 2 is 2.14 bits per heavy atom. The van der Waals surface area contributed by atoms with Crippen molar-refractivity contribution in [1.29, 1.82) is 0 Å². The highest BCUT2D eigenvalue weighted by Gasteiger charge is 2.01. The Kier molecular flexibility index (Phi) is 3.89. The summed E-state index contributed by atoms with van der Waals surface area (Å²) in [6.07, 6.45) is -1.66. The van der Waals surface area contributed by atoms with Crippen molar-refractivity contribution >= 4 is 0 Å². The molecule has 0 atom stereocenters. The maximum atomic E-state index is 11.0. The summed E-state index contributed by atoms with van der Waals surface area (Å²) in [7, 11) is 0. The van der Waals surface area contributed by atoms with Gasteiger partial charge in [-0.3, -0.25) is 0 Å². The van der Waals surface area contributed by atoms with Gasteiger partial charge in [-0.15, -0.1) is 0 Å². The summed E-state index contributed by atoms with van der Waals surface area (Å²) in [5, 5.41) is 0. The molecule has 1 nitrogen and oxygen atoms in total. The zero-order valence-corrected chi connectivity index (χ0v) is 4.08. The molecule has 0 saturated heterocycles. The van der Waals surface area contributed by atoms with Crippen LogP contribution in [0.5, 0.6) is 0 Å². The molecule has 0 aliphatic rings. The maximum Gasteiger partial charge on any atom is 0.335 e. The van der Waals surface area contributed by atoms with Gasteiger partial charge in [0.2, 0.25) is 0 Å². The number of ether oxygens (including phenoxy) is 1. The van der Waals surface area contributed by atoms with Crippen LogP contribution in [-0.2, 0) is 4.74 Å². The van der Waals surface area contributed by atoms with Crippen LogP contribution in [0.25, 0.3) is 0 Å². The molecule has 43 valence electrons. The number of rotatable bonds is 3. The van der Waals surface area contributed by atoms with Crippen LogP contribution < -0.4 is 0 Å². The molecule has 0 spiro atoms. The standard InChI is InChI=1S/C4H7F2O/c1-2-7-3-4(5)6/h2-3H2,1H3. The molecule has 0 saturated carbocycles. The fraction of sp³-hybridized carbons (Fsp3) is 0.750. The molecule has 0 unspecified atom stereocenters. The van der Waals surface area contributed by atoms with E-state index < -0.39 is 13.0 Å². The fourth-order valence-corrected chi connectivity index (χ4v) is 0.179. The van der Waals surface area contributed by atoms with Crippen LogP contribution in [0.1, 0.15) is 6.92 Å². The van der Waals surface area contributed by atoms with Gasteiger partial charge in [0.15, 0.2) is 0 Å². The Labute approximate surface area is 41.3 Å². The van der Waals surface area contributed by atoms with Gasteiger partial charge in [0.25, 0.3) is 0 Å². The van der Waals surface area contributed by atoms with E-state index in [1.807, 2.05) is 0 Å². The molecule has 0 N–H and O–H groups in total. The molecule has 0 aromatic rings. The molecular formula is C4H7F2O. The molecule has 0 aliphatic heterocycles. The highest BCUT2D eigenvalue weighted by molar-refractivity contribution is 4.54. The number of hydrogen-bond donors (Lipinski definition) is 0. The zero-order valence-electron chi connectivity index (χ0n) is 4.08. The lowest BCUT2D eigenvalue weighted by atomic mass is 10.7. The van der Waals surface area contributed by atoms with Crippen molar-refractivity contribution in [3.05, 3.63) is 6.43 Å². The van der Waals surface area contributed by atoms with Crippen LogP contribution in [0.4, 0.5) is 8.78 Å². The van der Waals surface area contributed by atoms with E-state index >= 15 is 0 Å². The molecule has 1 radical (unpaired) electrons. The first-order valence-corrected chi connectivity index (χ1v) is 2.02. The third-order valence-corrected chi connectivity index (χ3v) is 0.415. The minimum Gasteiger partial charge on any atom is -0.375 e. The second-order valence-electron chi connectivity index (χ2n) is 0.976. The summed E-state index contributed by atoms with van der Waals surface area (Å²) in [4.78, 5) is 0. The Morgan fingerprint density at radius 1 is 1.57 bits per heavy atom. The normalized spacial score (nSPS) is 10.3. The highest BCUT2D eigenvalue weighted by Crippen LogP contribution is 2.00. The Bertz CT molecular complexity index is 38.7. The van der Waals surface area contributed by atoms with E-state index in [1.165, 1.54) is 0 Å². The Morgan fingerprint density at radius 3 is 2.29 bits per heavy atom. The van der Waals surface area contributed by atoms with Crippen molar-refractivity contribution < 1.29 is 13.5 Å². The van der Waals surface area contributed by atoms with E-state index in [1.54, 1.807) is 6.92 Å². The Hall–Kier alpha value is -0.180. The van der Waals surface area contributed by atoms with Gasteiger partial charge in [-0.25, -0.2) is 0 Å². The van der Waals surface area contributed by atoms with Gasteiger partial charge in [-0.05, 0) is 6.92 Å². The summed E-state index contributed by atoms with van der Waals surface area (Å²) in [6, 6.07) is 0. The average Bonchev–Trinajstić information content (AvgIpc) is 1.61. The molecule has 0 aromatic carbocycles. The molecule has 0 aromatic heterocycles. The first-order chi connectivity index (χ1) is 3.27. The predicted molar refractivity (Wildman–Crippen MR) is 22.0 cm³/mol. The lowest BCUT2D eigenvalue weighted by molar-refractivity contribution is 0.0912. The van der Waals surface area contributed by atoms with Crippen molar-refractivity contribution in [2.75, 3.05) is 13.2 Å². The van der Waals surface area contributed by atoms with E-state index in [0.29, 0.717) is 6.61 Å². The summed E-state index contributed by atoms with van der Waals surface area (Å²) in [6.45, 7) is 1.50. The van der Waals surface area contributed by atoms with E-state index in [2.05, 4.69) is 4.74 Å². The van der Waals surface area contributed by atoms with Crippen molar-refractivity contribution in [1.82, 2.24) is 0 Å². The third kappa shape index (κ3) is 5.82. The maximum absolute atomic E-state index is 11.0. The van der Waals surface area contributed by atoms with Gasteiger partial charge in [-0.1, -0.05) is 0 Å². The highest BCUT2D eigenvalue weighted by atomic mass is 19.3. The molecule has 0 aliphatic carbocycles. The minimum atomic E-state index is -1.66. The zero-order chi connectivity index (χ0) is 5.70. The van der Waals surface area contributed by atoms with E-state index in [-0.39, 0.29) is 0 Å². The summed E-state index contributed by atoms with van der Waals surface area (Å²) in [5.41, 5.74) is 0. The molecule has 0 amide bonds. The monoisotopic (exact) mass is 109 g/mol. The van der Waals surface area contributed by atoms with Crippen LogP contribution in [0.15, 0.2) is 0 Å². The summed E-state index contributed by atoms with van der Waals surface area (Å²) < 4.78 is 26.3. The Balaban J connectivity index is 2.68. The molecule has 7 heavy (non-hydrogen) atoms. The molecular weight excluding hydrogens is 102 g/mol. The second-order valence-corrected chi connectivity index (χ2v) is 0.976. The number of hydrogen-bond acceptors (Lipinski definition) is 1. The van der Waals surface area contributed by atoms with Crippen LogP contribution in [0.2, 0.25) is 0 Å². The van der Waals surface area contributed by atoms with Gasteiger partial charge >= 0.3 is 6.43 Å². The van der Waals surface area contributed by atoms with Crippen LogP contribution >= 0.6 is 0 Å². The topological polar surface area (TPSA) is 9.23 Å². The molecule has 0 fully saturated rings. The van der Waals surface area contributed by atoms with Crippen molar-refractivity contribution in [3.63, 3.8) is 0 Å². The lowest BCUT2D eigenvalue weighted by Gasteiger charge is -1.93. The fourth-order valence-electron chi connectivity index (χ4n) is 0.179. The van der Waals surface area contributed by atoms with Crippen molar-refractivity contribution in [2.24, 2.45) is 0 Å². The molecule has 0 rings (SSSR count). The summed E-state index contributed by atoms with van der Waals surface area (Å²) >= 11 is 0. The van der Waals surface area contributed by atoms with Gasteiger partial charge in [0.1, 0.15) is 6.61 Å². The van der Waals surface area contributed by atoms with Crippen LogP contribution in [-0.4, -0.2) is 13.2 Å². The van der Waals surface area contributed by atoms with Crippen molar-refractivity contribution in [3.8, 4) is 0 Å². The average molecular weight is 109 g/mol. The van der Waals surface area contributed by atoms with E-state index in [9.17, 15) is 8.78 Å². The number of halogens is 2. The predicted octanol–water partition coefficient (Wildman–Crippen LogP) is 1.45. The van der Waals surface area contributed by atoms with E-state index in [4.69, 9.17) is 0 Å². The summed E-state index contributed by atoms with van der Waals surface area (Å²) in [5.74, 6) is 0. The third-order valence-electron chi connectivity index (χ3n) is 0.415. The first kappa shape index (κ1) is 6.82. The SMILES string of the molecule is CCOC[C](F)F. The van der Waals surface area contributed by atoms with Crippen LogP contribution in [0.3, 0.4) is 0 Å². The molecule has 0 bridgehead atoms. The quantitative estimate of drug-likeness (QED) is 0.533. The van der Waals surface area contributed by atoms with Gasteiger partial charge in [0, 0.05) is 6.61 Å². The van der Waals surface area contributed by atoms with Crippen LogP contribution in [0, 0.1) is 6.43 Å². The van der Waals surface area contributed by atoms with Gasteiger partial charge in [0.05, 0.1) is 0 Å². The molecule has 0 heterocycles. The van der Waals surface area contributed by atoms with E-state index in [0.717, 1.165) is 0 Å². The first-order valence-electron chi connectivity index (χ1n) is 2.02. The van der Waals surface area contributed by atoms with Crippen molar-refractivity contribution in [2.45, 2.75) is 6.92 Å². The van der Waals surface area contributed by atoms with Gasteiger partial charge < -0.3 is 4.74 Å². The molecule has 3 heteroatoms. The van der Waals surface area contributed by atoms with Gasteiger partial charge in [-0.2, -0.15) is 8.78 Å². The smallest absolute Gasteiger partial charge is 0.335 e. The second kappa shape index (κ2) is 3.99.